The number of aliphatic carboxylic acids is 1. The molecule has 1 rings (SSSR count). The largest absolute Gasteiger partial charge is 0.481 e. The van der Waals surface area contributed by atoms with Crippen molar-refractivity contribution in [2.24, 2.45) is 5.92 Å². The summed E-state index contributed by atoms with van der Waals surface area (Å²) < 4.78 is 5.26. The number of hydrogen-bond donors (Lipinski definition) is 2. The Morgan fingerprint density at radius 1 is 1.50 bits per heavy atom. The Balaban J connectivity index is 2.29. The zero-order valence-corrected chi connectivity index (χ0v) is 8.73. The normalized spacial score (nSPS) is 21.7. The number of carboxylic acids is 1. The Hall–Kier alpha value is -0.650. The number of rotatable bonds is 3. The summed E-state index contributed by atoms with van der Waals surface area (Å²) >= 11 is 0. The van der Waals surface area contributed by atoms with E-state index in [1.807, 2.05) is 20.8 Å². The quantitative estimate of drug-likeness (QED) is 0.636. The van der Waals surface area contributed by atoms with Crippen LogP contribution in [0.4, 0.5) is 0 Å². The molecule has 0 saturated carbocycles. The van der Waals surface area contributed by atoms with Crippen LogP contribution < -0.4 is 0 Å². The third-order valence-electron chi connectivity index (χ3n) is 2.03. The Labute approximate surface area is 83.3 Å². The summed E-state index contributed by atoms with van der Waals surface area (Å²) in [7, 11) is 0. The number of carboxylic acid groups (broad SMARTS) is 1. The molecule has 0 amide bonds. The van der Waals surface area contributed by atoms with Crippen molar-refractivity contribution < 1.29 is 19.7 Å². The maximum atomic E-state index is 10.5. The molecule has 0 bridgehead atoms. The van der Waals surface area contributed by atoms with Gasteiger partial charge in [0, 0.05) is 13.1 Å². The predicted molar refractivity (Wildman–Crippen MR) is 49.5 cm³/mol. The SMILES string of the molecule is CC(C)(C)OC(O)N1CC(C(=O)O)C1. The Morgan fingerprint density at radius 3 is 2.36 bits per heavy atom. The smallest absolute Gasteiger partial charge is 0.309 e. The first-order chi connectivity index (χ1) is 6.29. The predicted octanol–water partition coefficient (Wildman–Crippen LogP) is 0.0938. The Bertz CT molecular complexity index is 217. The van der Waals surface area contributed by atoms with Gasteiger partial charge in [-0.2, -0.15) is 0 Å². The van der Waals surface area contributed by atoms with E-state index >= 15 is 0 Å². The van der Waals surface area contributed by atoms with Gasteiger partial charge in [-0.1, -0.05) is 0 Å². The molecule has 0 aromatic rings. The topological polar surface area (TPSA) is 70.0 Å². The van der Waals surface area contributed by atoms with Crippen molar-refractivity contribution in [1.29, 1.82) is 0 Å². The number of hydrogen-bond acceptors (Lipinski definition) is 4. The minimum atomic E-state index is -0.995. The molecule has 0 aliphatic carbocycles. The molecule has 0 aromatic carbocycles. The molecule has 0 spiro atoms. The maximum Gasteiger partial charge on any atom is 0.309 e. The van der Waals surface area contributed by atoms with E-state index in [-0.39, 0.29) is 5.92 Å². The van der Waals surface area contributed by atoms with Gasteiger partial charge in [-0.05, 0) is 20.8 Å². The average Bonchev–Trinajstić information content (AvgIpc) is 1.75. The fourth-order valence-corrected chi connectivity index (χ4v) is 1.24. The standard InChI is InChI=1S/C9H17NO4/c1-9(2,3)14-8(13)10-4-6(5-10)7(11)12/h6,8,13H,4-5H2,1-3H3,(H,11,12). The highest BCUT2D eigenvalue weighted by Gasteiger charge is 2.37. The lowest BCUT2D eigenvalue weighted by molar-refractivity contribution is -0.260. The van der Waals surface area contributed by atoms with Gasteiger partial charge >= 0.3 is 5.97 Å². The van der Waals surface area contributed by atoms with Crippen molar-refractivity contribution in [2.45, 2.75) is 32.8 Å². The first-order valence-electron chi connectivity index (χ1n) is 4.62. The van der Waals surface area contributed by atoms with Gasteiger partial charge in [0.05, 0.1) is 11.5 Å². The first kappa shape index (κ1) is 11.4. The van der Waals surface area contributed by atoms with Gasteiger partial charge in [-0.25, -0.2) is 0 Å². The van der Waals surface area contributed by atoms with Gasteiger partial charge < -0.3 is 14.9 Å². The monoisotopic (exact) mass is 203 g/mol. The first-order valence-corrected chi connectivity index (χ1v) is 4.62. The van der Waals surface area contributed by atoms with Crippen LogP contribution in [0.2, 0.25) is 0 Å². The second-order valence-corrected chi connectivity index (χ2v) is 4.55. The number of nitrogens with zero attached hydrogens (tertiary/aromatic N) is 1. The third-order valence-corrected chi connectivity index (χ3v) is 2.03. The Kier molecular flexibility index (Phi) is 3.14. The van der Waals surface area contributed by atoms with Crippen molar-refractivity contribution in [2.75, 3.05) is 13.1 Å². The highest BCUT2D eigenvalue weighted by Crippen LogP contribution is 2.21. The Morgan fingerprint density at radius 2 is 2.00 bits per heavy atom. The van der Waals surface area contributed by atoms with Gasteiger partial charge in [-0.15, -0.1) is 0 Å². The van der Waals surface area contributed by atoms with Crippen LogP contribution in [0.3, 0.4) is 0 Å². The van der Waals surface area contributed by atoms with Crippen LogP contribution in [-0.2, 0) is 9.53 Å². The van der Waals surface area contributed by atoms with Gasteiger partial charge in [0.1, 0.15) is 0 Å². The maximum absolute atomic E-state index is 10.5. The van der Waals surface area contributed by atoms with Gasteiger partial charge in [0.15, 0.2) is 0 Å². The van der Waals surface area contributed by atoms with Crippen molar-refractivity contribution >= 4 is 5.97 Å². The molecular formula is C9H17NO4. The summed E-state index contributed by atoms with van der Waals surface area (Å²) in [5.74, 6) is -1.18. The van der Waals surface area contributed by atoms with Crippen molar-refractivity contribution in [3.8, 4) is 0 Å². The highest BCUT2D eigenvalue weighted by molar-refractivity contribution is 5.71. The number of carbonyl (C=O) groups is 1. The van der Waals surface area contributed by atoms with E-state index in [1.54, 1.807) is 4.90 Å². The summed E-state index contributed by atoms with van der Waals surface area (Å²) in [5, 5.41) is 18.1. The lowest BCUT2D eigenvalue weighted by Crippen LogP contribution is -2.56. The number of likely N-dealkylation sites (tertiary alicyclic amines) is 1. The van der Waals surface area contributed by atoms with Gasteiger partial charge in [0.25, 0.3) is 0 Å². The molecule has 1 atom stereocenters. The lowest BCUT2D eigenvalue weighted by Gasteiger charge is -2.41. The number of ether oxygens (including phenoxy) is 1. The number of aliphatic hydroxyl groups is 1. The fourth-order valence-electron chi connectivity index (χ4n) is 1.24. The van der Waals surface area contributed by atoms with Crippen LogP contribution >= 0.6 is 0 Å². The van der Waals surface area contributed by atoms with Gasteiger partial charge in [0.2, 0.25) is 6.41 Å². The number of aliphatic hydroxyl groups excluding tert-OH is 1. The summed E-state index contributed by atoms with van der Waals surface area (Å²) in [4.78, 5) is 12.1. The van der Waals surface area contributed by atoms with Crippen molar-refractivity contribution in [3.63, 3.8) is 0 Å². The summed E-state index contributed by atoms with van der Waals surface area (Å²) in [5.41, 5.74) is -0.423. The molecule has 1 heterocycles. The zero-order valence-electron chi connectivity index (χ0n) is 8.73. The molecule has 0 aromatic heterocycles. The highest BCUT2D eigenvalue weighted by atomic mass is 16.6. The van der Waals surface area contributed by atoms with Crippen molar-refractivity contribution in [3.05, 3.63) is 0 Å². The molecule has 5 nitrogen and oxygen atoms in total. The molecule has 14 heavy (non-hydrogen) atoms. The van der Waals surface area contributed by atoms with Crippen LogP contribution in [0.15, 0.2) is 0 Å². The van der Waals surface area contributed by atoms with E-state index in [0.717, 1.165) is 0 Å². The molecule has 1 saturated heterocycles. The van der Waals surface area contributed by atoms with Crippen molar-refractivity contribution in [1.82, 2.24) is 4.90 Å². The molecular weight excluding hydrogens is 186 g/mol. The van der Waals surface area contributed by atoms with Crippen LogP contribution in [0.1, 0.15) is 20.8 Å². The fraction of sp³-hybridized carbons (Fsp3) is 0.889. The molecule has 82 valence electrons. The molecule has 1 aliphatic rings. The second kappa shape index (κ2) is 3.84. The van der Waals surface area contributed by atoms with Crippen LogP contribution in [-0.4, -0.2) is 46.2 Å². The van der Waals surface area contributed by atoms with Crippen LogP contribution in [0, 0.1) is 5.92 Å². The lowest BCUT2D eigenvalue weighted by atomic mass is 10.0. The minimum Gasteiger partial charge on any atom is -0.481 e. The van der Waals surface area contributed by atoms with Crippen LogP contribution in [0.5, 0.6) is 0 Å². The molecule has 1 aliphatic heterocycles. The van der Waals surface area contributed by atoms with E-state index in [4.69, 9.17) is 9.84 Å². The minimum absolute atomic E-state index is 0.354. The molecule has 0 radical (unpaired) electrons. The third kappa shape index (κ3) is 2.94. The van der Waals surface area contributed by atoms with E-state index in [2.05, 4.69) is 0 Å². The molecule has 1 unspecified atom stereocenters. The second-order valence-electron chi connectivity index (χ2n) is 4.55. The summed E-state index contributed by atoms with van der Waals surface area (Å²) in [6.07, 6.45) is -0.995. The summed E-state index contributed by atoms with van der Waals surface area (Å²) in [6.45, 7) is 6.22. The van der Waals surface area contributed by atoms with E-state index in [0.29, 0.717) is 13.1 Å². The van der Waals surface area contributed by atoms with Gasteiger partial charge in [-0.3, -0.25) is 9.69 Å². The van der Waals surface area contributed by atoms with E-state index in [9.17, 15) is 9.90 Å². The van der Waals surface area contributed by atoms with Crippen LogP contribution in [0.25, 0.3) is 0 Å². The molecule has 1 fully saturated rings. The zero-order chi connectivity index (χ0) is 10.9. The average molecular weight is 203 g/mol. The molecule has 2 N–H and O–H groups in total. The molecule has 5 heteroatoms. The van der Waals surface area contributed by atoms with E-state index < -0.39 is 18.0 Å². The van der Waals surface area contributed by atoms with E-state index in [1.165, 1.54) is 0 Å². The summed E-state index contributed by atoms with van der Waals surface area (Å²) in [6, 6.07) is 0.